The number of anilines is 1. The largest absolute Gasteiger partial charge is 0.461 e. The lowest BCUT2D eigenvalue weighted by Gasteiger charge is -2.23. The molecule has 3 aromatic rings. The average molecular weight is 393 g/mol. The molecule has 0 atom stereocenters. The van der Waals surface area contributed by atoms with Gasteiger partial charge in [0.25, 0.3) is 5.91 Å². The minimum Gasteiger partial charge on any atom is -0.461 e. The predicted molar refractivity (Wildman–Crippen MR) is 113 cm³/mol. The summed E-state index contributed by atoms with van der Waals surface area (Å²) < 4.78 is 6.70. The molecule has 152 valence electrons. The van der Waals surface area contributed by atoms with E-state index in [0.29, 0.717) is 23.8 Å². The minimum atomic E-state index is -0.494. The Hall–Kier alpha value is -3.15. The van der Waals surface area contributed by atoms with Gasteiger partial charge in [-0.15, -0.1) is 0 Å². The lowest BCUT2D eigenvalue weighted by molar-refractivity contribution is 0.0520. The second-order valence-corrected chi connectivity index (χ2v) is 7.31. The number of pyridine rings is 1. The van der Waals surface area contributed by atoms with Crippen molar-refractivity contribution in [3.63, 3.8) is 0 Å². The van der Waals surface area contributed by atoms with E-state index in [4.69, 9.17) is 4.74 Å². The van der Waals surface area contributed by atoms with E-state index in [-0.39, 0.29) is 18.2 Å². The van der Waals surface area contributed by atoms with Crippen LogP contribution in [0.25, 0.3) is 5.65 Å². The second kappa shape index (κ2) is 9.37. The molecule has 0 radical (unpaired) electrons. The molecule has 0 aliphatic heterocycles. The SMILES string of the molecule is CCOC(=O)c1cn2c(C(=O)N(CCCC(C)C)c3ccccc3)cccc2n1. The summed E-state index contributed by atoms with van der Waals surface area (Å²) in [6.45, 7) is 7.00. The van der Waals surface area contributed by atoms with Crippen molar-refractivity contribution in [2.24, 2.45) is 5.92 Å². The summed E-state index contributed by atoms with van der Waals surface area (Å²) in [7, 11) is 0. The van der Waals surface area contributed by atoms with E-state index in [1.54, 1.807) is 40.6 Å². The lowest BCUT2D eigenvalue weighted by Crippen LogP contribution is -2.33. The first-order valence-corrected chi connectivity index (χ1v) is 10.0. The number of rotatable bonds is 8. The third kappa shape index (κ3) is 4.83. The summed E-state index contributed by atoms with van der Waals surface area (Å²) >= 11 is 0. The van der Waals surface area contributed by atoms with Crippen molar-refractivity contribution in [1.82, 2.24) is 9.38 Å². The van der Waals surface area contributed by atoms with Crippen LogP contribution < -0.4 is 4.90 Å². The number of carbonyl (C=O) groups excluding carboxylic acids is 2. The fourth-order valence-electron chi connectivity index (χ4n) is 3.24. The highest BCUT2D eigenvalue weighted by Gasteiger charge is 2.22. The van der Waals surface area contributed by atoms with Gasteiger partial charge in [-0.25, -0.2) is 9.78 Å². The summed E-state index contributed by atoms with van der Waals surface area (Å²) in [6.07, 6.45) is 3.52. The molecule has 0 bridgehead atoms. The molecule has 6 nitrogen and oxygen atoms in total. The topological polar surface area (TPSA) is 63.9 Å². The van der Waals surface area contributed by atoms with E-state index < -0.39 is 5.97 Å². The van der Waals surface area contributed by atoms with Crippen LogP contribution in [0.1, 0.15) is 54.6 Å². The van der Waals surface area contributed by atoms with Gasteiger partial charge >= 0.3 is 5.97 Å². The van der Waals surface area contributed by atoms with Gasteiger partial charge in [0.15, 0.2) is 5.69 Å². The van der Waals surface area contributed by atoms with Crippen LogP contribution in [0.4, 0.5) is 5.69 Å². The molecule has 0 N–H and O–H groups in total. The van der Waals surface area contributed by atoms with E-state index in [1.165, 1.54) is 0 Å². The molecule has 1 amide bonds. The van der Waals surface area contributed by atoms with Crippen molar-refractivity contribution in [2.75, 3.05) is 18.1 Å². The number of hydrogen-bond donors (Lipinski definition) is 0. The fourth-order valence-corrected chi connectivity index (χ4v) is 3.24. The number of hydrogen-bond acceptors (Lipinski definition) is 4. The number of para-hydroxylation sites is 1. The van der Waals surface area contributed by atoms with Crippen molar-refractivity contribution >= 4 is 23.2 Å². The molecule has 0 unspecified atom stereocenters. The first-order valence-electron chi connectivity index (χ1n) is 10.0. The molecule has 0 spiro atoms. The van der Waals surface area contributed by atoms with Crippen molar-refractivity contribution in [1.29, 1.82) is 0 Å². The molecule has 0 aliphatic rings. The molecule has 6 heteroatoms. The Labute approximate surface area is 171 Å². The summed E-state index contributed by atoms with van der Waals surface area (Å²) in [6, 6.07) is 15.0. The zero-order valence-corrected chi connectivity index (χ0v) is 17.2. The summed E-state index contributed by atoms with van der Waals surface area (Å²) in [5, 5.41) is 0. The molecular weight excluding hydrogens is 366 g/mol. The van der Waals surface area contributed by atoms with Gasteiger partial charge in [-0.3, -0.25) is 9.20 Å². The van der Waals surface area contributed by atoms with Crippen molar-refractivity contribution in [2.45, 2.75) is 33.6 Å². The normalized spacial score (nSPS) is 11.0. The van der Waals surface area contributed by atoms with Crippen LogP contribution in [0.5, 0.6) is 0 Å². The Kier molecular flexibility index (Phi) is 6.65. The molecule has 0 aliphatic carbocycles. The molecular formula is C23H27N3O3. The summed E-state index contributed by atoms with van der Waals surface area (Å²) in [5.74, 6) is -0.0447. The van der Waals surface area contributed by atoms with E-state index in [2.05, 4.69) is 18.8 Å². The molecule has 1 aromatic carbocycles. The van der Waals surface area contributed by atoms with Gasteiger partial charge < -0.3 is 9.64 Å². The molecule has 2 aromatic heterocycles. The third-order valence-electron chi connectivity index (χ3n) is 4.67. The lowest BCUT2D eigenvalue weighted by atomic mass is 10.1. The van der Waals surface area contributed by atoms with Gasteiger partial charge in [-0.2, -0.15) is 0 Å². The van der Waals surface area contributed by atoms with Gasteiger partial charge in [0.1, 0.15) is 11.3 Å². The van der Waals surface area contributed by atoms with Crippen LogP contribution in [0.3, 0.4) is 0 Å². The molecule has 0 saturated carbocycles. The molecule has 0 fully saturated rings. The second-order valence-electron chi connectivity index (χ2n) is 7.31. The van der Waals surface area contributed by atoms with Crippen molar-refractivity contribution in [3.8, 4) is 0 Å². The third-order valence-corrected chi connectivity index (χ3v) is 4.67. The quantitative estimate of drug-likeness (QED) is 0.525. The van der Waals surface area contributed by atoms with E-state index in [1.807, 2.05) is 30.3 Å². The molecule has 0 saturated heterocycles. The molecule has 29 heavy (non-hydrogen) atoms. The Morgan fingerprint density at radius 2 is 1.86 bits per heavy atom. The van der Waals surface area contributed by atoms with E-state index >= 15 is 0 Å². The van der Waals surface area contributed by atoms with Crippen LogP contribution in [0, 0.1) is 5.92 Å². The van der Waals surface area contributed by atoms with E-state index in [0.717, 1.165) is 18.5 Å². The number of esters is 1. The number of carbonyl (C=O) groups is 2. The van der Waals surface area contributed by atoms with Crippen LogP contribution in [0.2, 0.25) is 0 Å². The fraction of sp³-hybridized carbons (Fsp3) is 0.348. The highest BCUT2D eigenvalue weighted by molar-refractivity contribution is 6.05. The maximum Gasteiger partial charge on any atom is 0.358 e. The Bertz CT molecular complexity index is 979. The Balaban J connectivity index is 1.96. The zero-order valence-electron chi connectivity index (χ0n) is 17.2. The average Bonchev–Trinajstić information content (AvgIpc) is 3.16. The van der Waals surface area contributed by atoms with Crippen molar-refractivity contribution < 1.29 is 14.3 Å². The number of fused-ring (bicyclic) bond motifs is 1. The maximum atomic E-state index is 13.5. The van der Waals surface area contributed by atoms with E-state index in [9.17, 15) is 9.59 Å². The standard InChI is InChI=1S/C23H27N3O3/c1-4-29-23(28)19-16-26-20(13-8-14-21(26)24-19)22(27)25(15-9-10-17(2)3)18-11-6-5-7-12-18/h5-8,11-14,16-17H,4,9-10,15H2,1-3H3. The van der Waals surface area contributed by atoms with Crippen LogP contribution >= 0.6 is 0 Å². The maximum absolute atomic E-state index is 13.5. The van der Waals surface area contributed by atoms with Gasteiger partial charge in [-0.05, 0) is 49.9 Å². The van der Waals surface area contributed by atoms with Gasteiger partial charge in [0, 0.05) is 18.4 Å². The molecule has 3 rings (SSSR count). The zero-order chi connectivity index (χ0) is 20.8. The smallest absolute Gasteiger partial charge is 0.358 e. The van der Waals surface area contributed by atoms with Crippen LogP contribution in [-0.2, 0) is 4.74 Å². The van der Waals surface area contributed by atoms with Gasteiger partial charge in [-0.1, -0.05) is 38.1 Å². The number of amides is 1. The Morgan fingerprint density at radius 3 is 2.55 bits per heavy atom. The van der Waals surface area contributed by atoms with Crippen LogP contribution in [-0.4, -0.2) is 34.4 Å². The highest BCUT2D eigenvalue weighted by Crippen LogP contribution is 2.20. The van der Waals surface area contributed by atoms with Gasteiger partial charge in [0.2, 0.25) is 0 Å². The number of nitrogens with zero attached hydrogens (tertiary/aromatic N) is 3. The summed E-state index contributed by atoms with van der Waals surface area (Å²) in [5.41, 5.74) is 2.04. The number of ether oxygens (including phenoxy) is 1. The first-order chi connectivity index (χ1) is 14.0. The number of imidazole rings is 1. The summed E-state index contributed by atoms with van der Waals surface area (Å²) in [4.78, 5) is 31.7. The van der Waals surface area contributed by atoms with Crippen molar-refractivity contribution in [3.05, 3.63) is 66.1 Å². The monoisotopic (exact) mass is 393 g/mol. The predicted octanol–water partition coefficient (Wildman–Crippen LogP) is 4.59. The first kappa shape index (κ1) is 20.6. The number of aromatic nitrogens is 2. The van der Waals surface area contributed by atoms with Gasteiger partial charge in [0.05, 0.1) is 6.61 Å². The minimum absolute atomic E-state index is 0.127. The number of benzene rings is 1. The Morgan fingerprint density at radius 1 is 1.10 bits per heavy atom. The van der Waals surface area contributed by atoms with Crippen LogP contribution in [0.15, 0.2) is 54.7 Å². The highest BCUT2D eigenvalue weighted by atomic mass is 16.5. The molecule has 2 heterocycles.